The Morgan fingerprint density at radius 1 is 1.32 bits per heavy atom. The number of likely N-dealkylation sites (N-methyl/N-ethyl adjacent to an activating group) is 1. The number of carbonyl (C=O) groups is 1. The summed E-state index contributed by atoms with van der Waals surface area (Å²) in [5.41, 5.74) is 1.17. The SMILES string of the molecule is CN(CCNC(=O)c1cc([N+](=O)[O-])ccc1N1CCCCC1)C1CC1. The molecule has 0 unspecified atom stereocenters. The standard InChI is InChI=1S/C18H26N4O3/c1-20(14-5-6-14)12-9-19-18(23)16-13-15(22(24)25)7-8-17(16)21-10-3-2-4-11-21/h7-8,13-14H,2-6,9-12H2,1H3,(H,19,23). The maximum Gasteiger partial charge on any atom is 0.270 e. The van der Waals surface area contributed by atoms with Gasteiger partial charge in [0.05, 0.1) is 16.2 Å². The van der Waals surface area contributed by atoms with E-state index in [0.717, 1.165) is 38.2 Å². The summed E-state index contributed by atoms with van der Waals surface area (Å²) in [5.74, 6) is -0.228. The number of amides is 1. The maximum absolute atomic E-state index is 12.7. The first-order chi connectivity index (χ1) is 12.1. The first-order valence-electron chi connectivity index (χ1n) is 9.08. The van der Waals surface area contributed by atoms with Crippen LogP contribution < -0.4 is 10.2 Å². The van der Waals surface area contributed by atoms with E-state index in [-0.39, 0.29) is 11.6 Å². The fourth-order valence-electron chi connectivity index (χ4n) is 3.37. The second kappa shape index (κ2) is 7.82. The molecule has 1 saturated carbocycles. The zero-order valence-electron chi connectivity index (χ0n) is 14.7. The number of nitrogens with one attached hydrogen (secondary N) is 1. The summed E-state index contributed by atoms with van der Waals surface area (Å²) in [6.45, 7) is 3.13. The van der Waals surface area contributed by atoms with Crippen LogP contribution in [-0.2, 0) is 0 Å². The van der Waals surface area contributed by atoms with E-state index < -0.39 is 4.92 Å². The molecule has 1 aliphatic heterocycles. The normalized spacial score (nSPS) is 17.6. The fourth-order valence-corrected chi connectivity index (χ4v) is 3.37. The van der Waals surface area contributed by atoms with E-state index in [1.165, 1.54) is 31.4 Å². The van der Waals surface area contributed by atoms with Crippen molar-refractivity contribution in [2.24, 2.45) is 0 Å². The van der Waals surface area contributed by atoms with Gasteiger partial charge >= 0.3 is 0 Å². The molecule has 0 bridgehead atoms. The number of nitro benzene ring substituents is 1. The Labute approximate surface area is 148 Å². The third-order valence-electron chi connectivity index (χ3n) is 5.05. The minimum atomic E-state index is -0.447. The van der Waals surface area contributed by atoms with Crippen LogP contribution in [0.25, 0.3) is 0 Å². The molecule has 1 aromatic carbocycles. The van der Waals surface area contributed by atoms with Crippen molar-refractivity contribution in [3.05, 3.63) is 33.9 Å². The van der Waals surface area contributed by atoms with Gasteiger partial charge in [0.15, 0.2) is 0 Å². The van der Waals surface area contributed by atoms with Crippen LogP contribution in [0.2, 0.25) is 0 Å². The Bertz CT molecular complexity index is 639. The zero-order valence-corrected chi connectivity index (χ0v) is 14.7. The van der Waals surface area contributed by atoms with Gasteiger partial charge in [0.1, 0.15) is 0 Å². The van der Waals surface area contributed by atoms with Crippen LogP contribution in [-0.4, -0.2) is 55.0 Å². The molecule has 2 fully saturated rings. The molecular formula is C18H26N4O3. The summed E-state index contributed by atoms with van der Waals surface area (Å²) < 4.78 is 0. The van der Waals surface area contributed by atoms with Crippen molar-refractivity contribution in [1.29, 1.82) is 0 Å². The first-order valence-corrected chi connectivity index (χ1v) is 9.08. The Morgan fingerprint density at radius 2 is 2.04 bits per heavy atom. The van der Waals surface area contributed by atoms with Crippen molar-refractivity contribution in [2.45, 2.75) is 38.1 Å². The van der Waals surface area contributed by atoms with E-state index in [2.05, 4.69) is 22.2 Å². The Balaban J connectivity index is 1.72. The van der Waals surface area contributed by atoms with Crippen LogP contribution in [0.5, 0.6) is 0 Å². The Kier molecular flexibility index (Phi) is 5.53. The van der Waals surface area contributed by atoms with Crippen molar-refractivity contribution in [1.82, 2.24) is 10.2 Å². The number of rotatable bonds is 7. The Hall–Kier alpha value is -2.15. The average molecular weight is 346 g/mol. The maximum atomic E-state index is 12.7. The highest BCUT2D eigenvalue weighted by atomic mass is 16.6. The summed E-state index contributed by atoms with van der Waals surface area (Å²) in [4.78, 5) is 27.7. The van der Waals surface area contributed by atoms with Gasteiger partial charge in [-0.05, 0) is 45.2 Å². The van der Waals surface area contributed by atoms with Gasteiger partial charge in [0.25, 0.3) is 11.6 Å². The van der Waals surface area contributed by atoms with Crippen molar-refractivity contribution < 1.29 is 9.72 Å². The van der Waals surface area contributed by atoms with Gasteiger partial charge in [-0.25, -0.2) is 0 Å². The largest absolute Gasteiger partial charge is 0.371 e. The van der Waals surface area contributed by atoms with E-state index in [4.69, 9.17) is 0 Å². The fraction of sp³-hybridized carbons (Fsp3) is 0.611. The van der Waals surface area contributed by atoms with Crippen molar-refractivity contribution in [3.63, 3.8) is 0 Å². The van der Waals surface area contributed by atoms with Crippen molar-refractivity contribution in [3.8, 4) is 0 Å². The van der Waals surface area contributed by atoms with Gasteiger partial charge in [0, 0.05) is 44.4 Å². The second-order valence-electron chi connectivity index (χ2n) is 6.97. The van der Waals surface area contributed by atoms with E-state index in [1.54, 1.807) is 6.07 Å². The molecule has 1 N–H and O–H groups in total. The van der Waals surface area contributed by atoms with Crippen molar-refractivity contribution in [2.75, 3.05) is 38.1 Å². The van der Waals surface area contributed by atoms with Crippen LogP contribution in [0.1, 0.15) is 42.5 Å². The third kappa shape index (κ3) is 4.48. The first kappa shape index (κ1) is 17.7. The summed E-state index contributed by atoms with van der Waals surface area (Å²) in [6, 6.07) is 5.26. The molecule has 25 heavy (non-hydrogen) atoms. The summed E-state index contributed by atoms with van der Waals surface area (Å²) in [7, 11) is 2.07. The molecule has 0 aromatic heterocycles. The summed E-state index contributed by atoms with van der Waals surface area (Å²) in [6.07, 6.45) is 5.83. The molecule has 1 amide bonds. The van der Waals surface area contributed by atoms with Crippen LogP contribution in [0.3, 0.4) is 0 Å². The number of nitrogens with zero attached hydrogens (tertiary/aromatic N) is 3. The predicted molar refractivity (Wildman–Crippen MR) is 97.1 cm³/mol. The van der Waals surface area contributed by atoms with Gasteiger partial charge in [0.2, 0.25) is 0 Å². The molecular weight excluding hydrogens is 320 g/mol. The molecule has 0 spiro atoms. The molecule has 0 radical (unpaired) electrons. The van der Waals surface area contributed by atoms with Crippen molar-refractivity contribution >= 4 is 17.3 Å². The van der Waals surface area contributed by atoms with E-state index in [0.29, 0.717) is 18.2 Å². The molecule has 1 heterocycles. The zero-order chi connectivity index (χ0) is 17.8. The van der Waals surface area contributed by atoms with Crippen LogP contribution in [0, 0.1) is 10.1 Å². The number of carbonyl (C=O) groups excluding carboxylic acids is 1. The minimum absolute atomic E-state index is 0.0407. The van der Waals surface area contributed by atoms with Gasteiger partial charge in [-0.2, -0.15) is 0 Å². The highest BCUT2D eigenvalue weighted by Crippen LogP contribution is 2.28. The van der Waals surface area contributed by atoms with Crippen LogP contribution in [0.15, 0.2) is 18.2 Å². The monoisotopic (exact) mass is 346 g/mol. The minimum Gasteiger partial charge on any atom is -0.371 e. The number of benzene rings is 1. The number of anilines is 1. The van der Waals surface area contributed by atoms with Gasteiger partial charge < -0.3 is 15.1 Å². The summed E-state index contributed by atoms with van der Waals surface area (Å²) >= 11 is 0. The van der Waals surface area contributed by atoms with Gasteiger partial charge in [-0.3, -0.25) is 14.9 Å². The molecule has 7 heteroatoms. The van der Waals surface area contributed by atoms with Gasteiger partial charge in [-0.15, -0.1) is 0 Å². The molecule has 1 saturated heterocycles. The van der Waals surface area contributed by atoms with Gasteiger partial charge in [-0.1, -0.05) is 0 Å². The number of hydrogen-bond donors (Lipinski definition) is 1. The number of nitro groups is 1. The summed E-state index contributed by atoms with van der Waals surface area (Å²) in [5, 5.41) is 14.0. The second-order valence-corrected chi connectivity index (χ2v) is 6.97. The molecule has 2 aliphatic rings. The highest BCUT2D eigenvalue weighted by molar-refractivity contribution is 6.00. The third-order valence-corrected chi connectivity index (χ3v) is 5.05. The lowest BCUT2D eigenvalue weighted by atomic mass is 10.1. The molecule has 1 aliphatic carbocycles. The van der Waals surface area contributed by atoms with E-state index >= 15 is 0 Å². The highest BCUT2D eigenvalue weighted by Gasteiger charge is 2.26. The quantitative estimate of drug-likeness (QED) is 0.606. The number of piperidine rings is 1. The number of hydrogen-bond acceptors (Lipinski definition) is 5. The topological polar surface area (TPSA) is 78.7 Å². The molecule has 1 aromatic rings. The molecule has 3 rings (SSSR count). The van der Waals surface area contributed by atoms with Crippen LogP contribution >= 0.6 is 0 Å². The lowest BCUT2D eigenvalue weighted by Gasteiger charge is -2.30. The van der Waals surface area contributed by atoms with E-state index in [1.807, 2.05) is 0 Å². The molecule has 0 atom stereocenters. The van der Waals surface area contributed by atoms with E-state index in [9.17, 15) is 14.9 Å². The molecule has 7 nitrogen and oxygen atoms in total. The lowest BCUT2D eigenvalue weighted by molar-refractivity contribution is -0.384. The lowest BCUT2D eigenvalue weighted by Crippen LogP contribution is -2.36. The Morgan fingerprint density at radius 3 is 2.68 bits per heavy atom. The molecule has 136 valence electrons. The number of non-ortho nitro benzene ring substituents is 1. The smallest absolute Gasteiger partial charge is 0.270 e. The van der Waals surface area contributed by atoms with Crippen LogP contribution in [0.4, 0.5) is 11.4 Å². The average Bonchev–Trinajstić information content (AvgIpc) is 3.47. The predicted octanol–water partition coefficient (Wildman–Crippen LogP) is 2.41.